The van der Waals surface area contributed by atoms with Crippen molar-refractivity contribution in [2.75, 3.05) is 32.8 Å². The zero-order valence-corrected chi connectivity index (χ0v) is 14.6. The summed E-state index contributed by atoms with van der Waals surface area (Å²) in [6.07, 6.45) is 5.42. The molecule has 0 N–H and O–H groups in total. The van der Waals surface area contributed by atoms with Crippen LogP contribution in [0.5, 0.6) is 0 Å². The lowest BCUT2D eigenvalue weighted by Crippen LogP contribution is -2.39. The van der Waals surface area contributed by atoms with Crippen LogP contribution in [0.15, 0.2) is 47.1 Å². The maximum Gasteiger partial charge on any atom is 0.266 e. The minimum atomic E-state index is -0.0663. The Kier molecular flexibility index (Phi) is 4.73. The Morgan fingerprint density at radius 3 is 2.88 bits per heavy atom. The second-order valence-corrected chi connectivity index (χ2v) is 6.78. The minimum absolute atomic E-state index is 0.0663. The molecule has 4 rings (SSSR count). The fraction of sp³-hybridized carbons (Fsp3) is 0.353. The largest absolute Gasteiger partial charge is 0.379 e. The average molecular weight is 357 g/mol. The molecule has 0 unspecified atom stereocenters. The molecule has 3 aromatic heterocycles. The third-order valence-corrected chi connectivity index (χ3v) is 5.18. The van der Waals surface area contributed by atoms with E-state index >= 15 is 0 Å². The van der Waals surface area contributed by atoms with Gasteiger partial charge in [0, 0.05) is 43.5 Å². The molecule has 0 amide bonds. The van der Waals surface area contributed by atoms with E-state index in [4.69, 9.17) is 4.74 Å². The van der Waals surface area contributed by atoms with Gasteiger partial charge in [0.25, 0.3) is 5.56 Å². The van der Waals surface area contributed by atoms with Gasteiger partial charge in [0.1, 0.15) is 5.69 Å². The average Bonchev–Trinajstić information content (AvgIpc) is 3.33. The highest BCUT2D eigenvalue weighted by molar-refractivity contribution is 7.13. The molecule has 130 valence electrons. The van der Waals surface area contributed by atoms with E-state index in [0.717, 1.165) is 49.1 Å². The highest BCUT2D eigenvalue weighted by Crippen LogP contribution is 2.26. The first-order valence-corrected chi connectivity index (χ1v) is 9.13. The fourth-order valence-electron chi connectivity index (χ4n) is 2.81. The van der Waals surface area contributed by atoms with Crippen molar-refractivity contribution in [2.24, 2.45) is 0 Å². The van der Waals surface area contributed by atoms with Crippen molar-refractivity contribution < 1.29 is 4.74 Å². The number of hydrogen-bond donors (Lipinski definition) is 0. The Morgan fingerprint density at radius 1 is 1.20 bits per heavy atom. The Bertz CT molecular complexity index is 881. The summed E-state index contributed by atoms with van der Waals surface area (Å²) in [5.41, 5.74) is 1.80. The van der Waals surface area contributed by atoms with E-state index in [1.54, 1.807) is 40.7 Å². The van der Waals surface area contributed by atoms with E-state index in [2.05, 4.69) is 26.4 Å². The predicted molar refractivity (Wildman–Crippen MR) is 96.2 cm³/mol. The van der Waals surface area contributed by atoms with Gasteiger partial charge in [-0.25, -0.2) is 9.67 Å². The zero-order chi connectivity index (χ0) is 17.1. The zero-order valence-electron chi connectivity index (χ0n) is 13.7. The molecular weight excluding hydrogens is 338 g/mol. The molecule has 4 heterocycles. The number of ether oxygens (including phenoxy) is 1. The van der Waals surface area contributed by atoms with Gasteiger partial charge in [0.15, 0.2) is 0 Å². The van der Waals surface area contributed by atoms with Crippen LogP contribution in [0.1, 0.15) is 0 Å². The van der Waals surface area contributed by atoms with Crippen molar-refractivity contribution in [3.8, 4) is 16.3 Å². The molecule has 1 fully saturated rings. The topological polar surface area (TPSA) is 65.2 Å². The van der Waals surface area contributed by atoms with Gasteiger partial charge in [0.05, 0.1) is 36.7 Å². The molecule has 0 aliphatic carbocycles. The fourth-order valence-corrected chi connectivity index (χ4v) is 3.67. The molecule has 0 spiro atoms. The van der Waals surface area contributed by atoms with Crippen molar-refractivity contribution >= 4 is 11.3 Å². The Balaban J connectivity index is 1.52. The summed E-state index contributed by atoms with van der Waals surface area (Å²) < 4.78 is 8.86. The SMILES string of the molecule is O=c1ccc(-c2cc(-n3ccnc3)cs2)nn1CCN1CCOCC1. The van der Waals surface area contributed by atoms with Gasteiger partial charge in [-0.1, -0.05) is 0 Å². The Labute approximate surface area is 149 Å². The predicted octanol–water partition coefficient (Wildman–Crippen LogP) is 1.49. The lowest BCUT2D eigenvalue weighted by Gasteiger charge is -2.26. The minimum Gasteiger partial charge on any atom is -0.379 e. The number of rotatable bonds is 5. The highest BCUT2D eigenvalue weighted by atomic mass is 32.1. The maximum absolute atomic E-state index is 12.1. The van der Waals surface area contributed by atoms with Gasteiger partial charge < -0.3 is 9.30 Å². The van der Waals surface area contributed by atoms with E-state index in [1.807, 2.05) is 10.8 Å². The first-order chi connectivity index (χ1) is 12.3. The van der Waals surface area contributed by atoms with Crippen LogP contribution in [-0.2, 0) is 11.3 Å². The molecular formula is C17H19N5O2S. The third kappa shape index (κ3) is 3.71. The summed E-state index contributed by atoms with van der Waals surface area (Å²) in [6.45, 7) is 4.74. The molecule has 0 aromatic carbocycles. The molecule has 1 aliphatic rings. The molecule has 0 atom stereocenters. The lowest BCUT2D eigenvalue weighted by molar-refractivity contribution is 0.0358. The van der Waals surface area contributed by atoms with Crippen molar-refractivity contribution in [1.82, 2.24) is 24.2 Å². The second kappa shape index (κ2) is 7.30. The van der Waals surface area contributed by atoms with Crippen molar-refractivity contribution in [1.29, 1.82) is 0 Å². The first-order valence-electron chi connectivity index (χ1n) is 8.25. The van der Waals surface area contributed by atoms with Crippen LogP contribution in [0.25, 0.3) is 16.3 Å². The molecule has 8 heteroatoms. The van der Waals surface area contributed by atoms with Gasteiger partial charge in [-0.3, -0.25) is 9.69 Å². The number of imidazole rings is 1. The van der Waals surface area contributed by atoms with Gasteiger partial charge in [-0.05, 0) is 12.1 Å². The van der Waals surface area contributed by atoms with Crippen molar-refractivity contribution in [3.05, 3.63) is 52.7 Å². The molecule has 3 aromatic rings. The normalized spacial score (nSPS) is 15.5. The van der Waals surface area contributed by atoms with E-state index in [-0.39, 0.29) is 5.56 Å². The number of thiophene rings is 1. The van der Waals surface area contributed by atoms with Gasteiger partial charge in [0.2, 0.25) is 0 Å². The van der Waals surface area contributed by atoms with Crippen LogP contribution in [0.3, 0.4) is 0 Å². The van der Waals surface area contributed by atoms with E-state index < -0.39 is 0 Å². The maximum atomic E-state index is 12.1. The molecule has 7 nitrogen and oxygen atoms in total. The van der Waals surface area contributed by atoms with E-state index in [0.29, 0.717) is 6.54 Å². The quantitative estimate of drug-likeness (QED) is 0.692. The molecule has 0 bridgehead atoms. The number of hydrogen-bond acceptors (Lipinski definition) is 6. The standard InChI is InChI=1S/C17H19N5O2S/c23-17-2-1-15(16-11-14(12-25-16)21-4-3-18-13-21)19-22(17)6-5-20-7-9-24-10-8-20/h1-4,11-13H,5-10H2. The van der Waals surface area contributed by atoms with Crippen molar-refractivity contribution in [3.63, 3.8) is 0 Å². The third-order valence-electron chi connectivity index (χ3n) is 4.24. The van der Waals surface area contributed by atoms with Crippen molar-refractivity contribution in [2.45, 2.75) is 6.54 Å². The number of aromatic nitrogens is 4. The Hall–Kier alpha value is -2.29. The summed E-state index contributed by atoms with van der Waals surface area (Å²) >= 11 is 1.61. The second-order valence-electron chi connectivity index (χ2n) is 5.87. The van der Waals surface area contributed by atoms with Crippen LogP contribution < -0.4 is 5.56 Å². The molecule has 25 heavy (non-hydrogen) atoms. The molecule has 0 saturated carbocycles. The van der Waals surface area contributed by atoms with E-state index in [9.17, 15) is 4.79 Å². The van der Waals surface area contributed by atoms with Crippen LogP contribution in [0.4, 0.5) is 0 Å². The van der Waals surface area contributed by atoms with Crippen LogP contribution in [0, 0.1) is 0 Å². The molecule has 1 saturated heterocycles. The van der Waals surface area contributed by atoms with Crippen LogP contribution >= 0.6 is 11.3 Å². The van der Waals surface area contributed by atoms with Crippen LogP contribution in [0.2, 0.25) is 0 Å². The van der Waals surface area contributed by atoms with Gasteiger partial charge in [-0.15, -0.1) is 11.3 Å². The highest BCUT2D eigenvalue weighted by Gasteiger charge is 2.12. The monoisotopic (exact) mass is 357 g/mol. The lowest BCUT2D eigenvalue weighted by atomic mass is 10.3. The summed E-state index contributed by atoms with van der Waals surface area (Å²) in [6, 6.07) is 5.45. The Morgan fingerprint density at radius 2 is 2.08 bits per heavy atom. The summed E-state index contributed by atoms with van der Waals surface area (Å²) in [7, 11) is 0. The van der Waals surface area contributed by atoms with Gasteiger partial charge in [-0.2, -0.15) is 5.10 Å². The number of nitrogens with zero attached hydrogens (tertiary/aromatic N) is 5. The number of morpholine rings is 1. The summed E-state index contributed by atoms with van der Waals surface area (Å²) in [5.74, 6) is 0. The molecule has 0 radical (unpaired) electrons. The smallest absolute Gasteiger partial charge is 0.266 e. The van der Waals surface area contributed by atoms with Crippen LogP contribution in [-0.4, -0.2) is 57.1 Å². The molecule has 1 aliphatic heterocycles. The first kappa shape index (κ1) is 16.2. The van der Waals surface area contributed by atoms with E-state index in [1.165, 1.54) is 0 Å². The summed E-state index contributed by atoms with van der Waals surface area (Å²) in [4.78, 5) is 19.5. The van der Waals surface area contributed by atoms with Gasteiger partial charge >= 0.3 is 0 Å². The summed E-state index contributed by atoms with van der Waals surface area (Å²) in [5, 5.41) is 6.61.